The first-order chi connectivity index (χ1) is 20.4. The van der Waals surface area contributed by atoms with Gasteiger partial charge in [0.1, 0.15) is 30.5 Å². The Hall–Kier alpha value is -1.44. The molecular weight excluding hydrogens is 542 g/mol. The Balaban J connectivity index is 1.86. The number of hydrogen-bond acceptors (Lipinski definition) is 10. The molecule has 1 aliphatic rings. The fourth-order valence-corrected chi connectivity index (χ4v) is 5.21. The molecule has 42 heavy (non-hydrogen) atoms. The zero-order chi connectivity index (χ0) is 30.6. The first-order valence-corrected chi connectivity index (χ1v) is 16.2. The summed E-state index contributed by atoms with van der Waals surface area (Å²) in [4.78, 5) is 0. The number of aryl methyl sites for hydroxylation is 1. The van der Waals surface area contributed by atoms with E-state index in [4.69, 9.17) is 14.6 Å². The van der Waals surface area contributed by atoms with Crippen molar-refractivity contribution < 1.29 is 40.1 Å². The number of ether oxygens (including phenoxy) is 2. The van der Waals surface area contributed by atoms with E-state index in [0.29, 0.717) is 6.42 Å². The van der Waals surface area contributed by atoms with Gasteiger partial charge in [0.15, 0.2) is 6.29 Å². The number of unbranched alkanes of at least 4 members (excludes halogenated alkanes) is 13. The van der Waals surface area contributed by atoms with Crippen LogP contribution in [0.4, 0.5) is 0 Å². The summed E-state index contributed by atoms with van der Waals surface area (Å²) in [5.41, 5.74) is 0.753. The highest BCUT2D eigenvalue weighted by atomic mass is 16.7. The van der Waals surface area contributed by atoms with Crippen LogP contribution in [0, 0.1) is 0 Å². The Bertz CT molecular complexity index is 824. The molecule has 0 unspecified atom stereocenters. The van der Waals surface area contributed by atoms with Crippen LogP contribution in [0.5, 0.6) is 0 Å². The topological polar surface area (TPSA) is 171 Å². The maximum atomic E-state index is 11.1. The molecule has 0 aromatic carbocycles. The second-order valence-electron chi connectivity index (χ2n) is 11.6. The molecule has 1 saturated heterocycles. The molecule has 0 saturated carbocycles. The molecule has 6 N–H and O–H groups in total. The van der Waals surface area contributed by atoms with Crippen molar-refractivity contribution in [2.45, 2.75) is 153 Å². The molecule has 244 valence electrons. The molecule has 1 aromatic heterocycles. The maximum Gasteiger partial charge on any atom is 0.186 e. The Kier molecular flexibility index (Phi) is 19.4. The lowest BCUT2D eigenvalue weighted by molar-refractivity contribution is -0.303. The first-order valence-electron chi connectivity index (χ1n) is 16.2. The van der Waals surface area contributed by atoms with Crippen LogP contribution in [0.25, 0.3) is 0 Å². The quantitative estimate of drug-likeness (QED) is 0.0767. The zero-order valence-electron chi connectivity index (χ0n) is 25.5. The van der Waals surface area contributed by atoms with Crippen molar-refractivity contribution >= 4 is 0 Å². The third-order valence-electron chi connectivity index (χ3n) is 7.97. The molecule has 1 aliphatic heterocycles. The third kappa shape index (κ3) is 13.5. The lowest BCUT2D eigenvalue weighted by Gasteiger charge is -2.40. The molecule has 0 spiro atoms. The van der Waals surface area contributed by atoms with Gasteiger partial charge >= 0.3 is 0 Å². The lowest BCUT2D eigenvalue weighted by atomic mass is 9.99. The van der Waals surface area contributed by atoms with Crippen molar-refractivity contribution in [2.24, 2.45) is 0 Å². The number of rotatable bonds is 24. The monoisotopic (exact) mass is 599 g/mol. The van der Waals surface area contributed by atoms with Gasteiger partial charge in [0.25, 0.3) is 0 Å². The van der Waals surface area contributed by atoms with E-state index in [0.717, 1.165) is 44.2 Å². The maximum absolute atomic E-state index is 11.1. The van der Waals surface area contributed by atoms with Crippen LogP contribution in [0.15, 0.2) is 18.3 Å². The van der Waals surface area contributed by atoms with Gasteiger partial charge in [-0.25, -0.2) is 4.68 Å². The van der Waals surface area contributed by atoms with Crippen LogP contribution < -0.4 is 0 Å². The summed E-state index contributed by atoms with van der Waals surface area (Å²) < 4.78 is 12.8. The van der Waals surface area contributed by atoms with Crippen molar-refractivity contribution in [2.75, 3.05) is 19.8 Å². The predicted molar refractivity (Wildman–Crippen MR) is 160 cm³/mol. The Labute approximate surface area is 251 Å². The summed E-state index contributed by atoms with van der Waals surface area (Å²) in [5.74, 6) is 0. The molecule has 2 rings (SSSR count). The summed E-state index contributed by atoms with van der Waals surface area (Å²) in [5, 5.41) is 68.4. The van der Waals surface area contributed by atoms with Crippen LogP contribution in [0.3, 0.4) is 0 Å². The number of allylic oxidation sites excluding steroid dienone is 1. The summed E-state index contributed by atoms with van der Waals surface area (Å²) in [6, 6.07) is -0.690. The van der Waals surface area contributed by atoms with Crippen molar-refractivity contribution in [3.8, 4) is 0 Å². The van der Waals surface area contributed by atoms with Crippen LogP contribution in [0.2, 0.25) is 0 Å². The van der Waals surface area contributed by atoms with Crippen LogP contribution in [-0.4, -0.2) is 102 Å². The molecule has 2 heterocycles. The second kappa shape index (κ2) is 22.1. The zero-order valence-corrected chi connectivity index (χ0v) is 25.5. The van der Waals surface area contributed by atoms with Gasteiger partial charge in [0.05, 0.1) is 25.0 Å². The number of nitrogens with zero attached hydrogens (tertiary/aromatic N) is 3. The van der Waals surface area contributed by atoms with Gasteiger partial charge < -0.3 is 40.1 Å². The van der Waals surface area contributed by atoms with Crippen molar-refractivity contribution in [3.05, 3.63) is 24.0 Å². The fourth-order valence-electron chi connectivity index (χ4n) is 5.21. The number of aliphatic hydroxyl groups excluding tert-OH is 6. The minimum atomic E-state index is -1.55. The molecular formula is C31H57N3O8. The minimum Gasteiger partial charge on any atom is -0.396 e. The molecule has 11 heteroatoms. The molecule has 0 amide bonds. The summed E-state index contributed by atoms with van der Waals surface area (Å²) in [7, 11) is 0. The van der Waals surface area contributed by atoms with Gasteiger partial charge in [-0.15, -0.1) is 5.10 Å². The average molecular weight is 600 g/mol. The Morgan fingerprint density at radius 1 is 0.881 bits per heavy atom. The van der Waals surface area contributed by atoms with E-state index in [-0.39, 0.29) is 13.2 Å². The molecule has 1 fully saturated rings. The van der Waals surface area contributed by atoms with E-state index in [2.05, 4.69) is 17.2 Å². The minimum absolute atomic E-state index is 0.125. The largest absolute Gasteiger partial charge is 0.396 e. The van der Waals surface area contributed by atoms with Gasteiger partial charge in [-0.2, -0.15) is 0 Å². The number of aliphatic hydroxyl groups is 6. The van der Waals surface area contributed by atoms with Crippen LogP contribution in [0.1, 0.15) is 115 Å². The SMILES string of the molecule is CCCCCCCCCCCCC/C=C/[C@@H](O)[C@H](CO[C@@H]1O[C@H](CO)[C@H](O)[C@H](O)[C@H]1O)n1cc(CCCCCO)nn1. The summed E-state index contributed by atoms with van der Waals surface area (Å²) in [6.45, 7) is 1.72. The Morgan fingerprint density at radius 2 is 1.52 bits per heavy atom. The molecule has 11 nitrogen and oxygen atoms in total. The highest BCUT2D eigenvalue weighted by Crippen LogP contribution is 2.24. The number of hydrogen-bond donors (Lipinski definition) is 6. The lowest BCUT2D eigenvalue weighted by Crippen LogP contribution is -2.59. The van der Waals surface area contributed by atoms with Gasteiger partial charge in [0, 0.05) is 12.8 Å². The molecule has 0 radical (unpaired) electrons. The first kappa shape index (κ1) is 36.8. The Morgan fingerprint density at radius 3 is 2.17 bits per heavy atom. The van der Waals surface area contributed by atoms with Gasteiger partial charge in [-0.3, -0.25) is 0 Å². The normalized spacial score (nSPS) is 24.4. The van der Waals surface area contributed by atoms with Crippen LogP contribution >= 0.6 is 0 Å². The van der Waals surface area contributed by atoms with Gasteiger partial charge in [-0.05, 0) is 32.1 Å². The van der Waals surface area contributed by atoms with E-state index >= 15 is 0 Å². The predicted octanol–water partition coefficient (Wildman–Crippen LogP) is 2.96. The van der Waals surface area contributed by atoms with E-state index in [1.807, 2.05) is 6.08 Å². The van der Waals surface area contributed by atoms with Gasteiger partial charge in [-0.1, -0.05) is 94.9 Å². The smallest absolute Gasteiger partial charge is 0.186 e. The van der Waals surface area contributed by atoms with Crippen molar-refractivity contribution in [1.29, 1.82) is 0 Å². The fraction of sp³-hybridized carbons (Fsp3) is 0.871. The van der Waals surface area contributed by atoms with Crippen molar-refractivity contribution in [1.82, 2.24) is 15.0 Å². The van der Waals surface area contributed by atoms with Crippen LogP contribution in [-0.2, 0) is 15.9 Å². The molecule has 0 aliphatic carbocycles. The molecule has 0 bridgehead atoms. The highest BCUT2D eigenvalue weighted by molar-refractivity contribution is 4.99. The number of aromatic nitrogens is 3. The third-order valence-corrected chi connectivity index (χ3v) is 7.97. The second-order valence-corrected chi connectivity index (χ2v) is 11.6. The van der Waals surface area contributed by atoms with E-state index in [9.17, 15) is 25.5 Å². The molecule has 1 aromatic rings. The summed E-state index contributed by atoms with van der Waals surface area (Å²) >= 11 is 0. The standard InChI is InChI=1S/C31H57N3O8/c1-2-3-4-5-6-7-8-9-10-11-12-13-16-19-26(37)25(34-21-24(32-33-34)18-15-14-17-20-35)23-41-31-30(40)29(39)28(38)27(22-36)42-31/h16,19,21,25-31,35-40H,2-15,17-18,20,22-23H2,1H3/b19-16+/t25-,26+,27+,28-,29-,30+,31+/m0/s1. The van der Waals surface area contributed by atoms with E-state index in [1.165, 1.54) is 62.5 Å². The summed E-state index contributed by atoms with van der Waals surface area (Å²) in [6.07, 6.45) is 15.5. The average Bonchev–Trinajstić information content (AvgIpc) is 3.46. The van der Waals surface area contributed by atoms with E-state index in [1.54, 1.807) is 12.3 Å². The van der Waals surface area contributed by atoms with Gasteiger partial charge in [0.2, 0.25) is 0 Å². The van der Waals surface area contributed by atoms with Crippen molar-refractivity contribution in [3.63, 3.8) is 0 Å². The molecule has 7 atom stereocenters. The highest BCUT2D eigenvalue weighted by Gasteiger charge is 2.44. The van der Waals surface area contributed by atoms with E-state index < -0.39 is 49.5 Å².